The molecule has 0 rings (SSSR count). The zero-order valence-corrected chi connectivity index (χ0v) is 52.5. The molecule has 0 aliphatic heterocycles. The van der Waals surface area contributed by atoms with Crippen LogP contribution in [-0.4, -0.2) is 47.4 Å². The Hall–Kier alpha value is -1.40. The molecule has 2 atom stereocenters. The van der Waals surface area contributed by atoms with Gasteiger partial charge in [-0.2, -0.15) is 0 Å². The van der Waals surface area contributed by atoms with Crippen LogP contribution in [0.3, 0.4) is 0 Å². The van der Waals surface area contributed by atoms with Crippen LogP contribution in [0, 0.1) is 0 Å². The molecule has 0 aliphatic rings. The average molecular weight is 1090 g/mol. The molecule has 0 saturated heterocycles. The van der Waals surface area contributed by atoms with Gasteiger partial charge in [-0.1, -0.05) is 353 Å². The average Bonchev–Trinajstić information content (AvgIpc) is 3.43. The molecule has 3 N–H and O–H groups in total. The fourth-order valence-corrected chi connectivity index (χ4v) is 11.4. The summed E-state index contributed by atoms with van der Waals surface area (Å²) in [6, 6.07) is -0.542. The Balaban J connectivity index is 3.38. The molecule has 1 amide bonds. The summed E-state index contributed by atoms with van der Waals surface area (Å²) in [6.45, 7) is 4.99. The number of carbonyl (C=O) groups is 2. The number of hydrogen-bond acceptors (Lipinski definition) is 5. The van der Waals surface area contributed by atoms with E-state index in [-0.39, 0.29) is 18.5 Å². The minimum absolute atomic E-state index is 0.0158. The lowest BCUT2D eigenvalue weighted by Crippen LogP contribution is -2.45. The van der Waals surface area contributed by atoms with E-state index in [0.29, 0.717) is 25.9 Å². The summed E-state index contributed by atoms with van der Waals surface area (Å²) in [4.78, 5) is 24.6. The lowest BCUT2D eigenvalue weighted by Gasteiger charge is -2.22. The summed E-state index contributed by atoms with van der Waals surface area (Å²) in [5.41, 5.74) is 0. The number of nitrogens with one attached hydrogen (secondary N) is 1. The van der Waals surface area contributed by atoms with Crippen molar-refractivity contribution >= 4 is 11.9 Å². The van der Waals surface area contributed by atoms with Gasteiger partial charge in [0, 0.05) is 12.8 Å². The summed E-state index contributed by atoms with van der Waals surface area (Å²) in [5.74, 6) is -0.0149. The highest BCUT2D eigenvalue weighted by molar-refractivity contribution is 5.76. The summed E-state index contributed by atoms with van der Waals surface area (Å²) in [7, 11) is 0. The van der Waals surface area contributed by atoms with Gasteiger partial charge in [0.15, 0.2) is 0 Å². The molecule has 77 heavy (non-hydrogen) atoms. The monoisotopic (exact) mass is 1090 g/mol. The van der Waals surface area contributed by atoms with Crippen LogP contribution in [0.2, 0.25) is 0 Å². The van der Waals surface area contributed by atoms with E-state index in [0.717, 1.165) is 38.5 Å². The Labute approximate surface area is 482 Å². The highest BCUT2D eigenvalue weighted by Gasteiger charge is 2.20. The highest BCUT2D eigenvalue weighted by Crippen LogP contribution is 2.19. The van der Waals surface area contributed by atoms with Crippen LogP contribution in [0.4, 0.5) is 0 Å². The van der Waals surface area contributed by atoms with Gasteiger partial charge in [-0.3, -0.25) is 9.59 Å². The molecule has 0 saturated carbocycles. The molecule has 6 heteroatoms. The fraction of sp³-hybridized carbons (Fsp3) is 0.944. The fourth-order valence-electron chi connectivity index (χ4n) is 11.4. The first-order valence-electron chi connectivity index (χ1n) is 35.4. The van der Waals surface area contributed by atoms with Gasteiger partial charge in [-0.05, 0) is 51.4 Å². The van der Waals surface area contributed by atoms with Gasteiger partial charge in [0.25, 0.3) is 0 Å². The lowest BCUT2D eigenvalue weighted by atomic mass is 10.0. The van der Waals surface area contributed by atoms with Crippen LogP contribution < -0.4 is 5.32 Å². The number of carbonyl (C=O) groups excluding carboxylic acids is 2. The van der Waals surface area contributed by atoms with E-state index >= 15 is 0 Å². The molecule has 0 spiro atoms. The summed E-state index contributed by atoms with van der Waals surface area (Å²) in [6.07, 6.45) is 82.6. The van der Waals surface area contributed by atoms with Gasteiger partial charge >= 0.3 is 5.97 Å². The largest absolute Gasteiger partial charge is 0.466 e. The lowest BCUT2D eigenvalue weighted by molar-refractivity contribution is -0.143. The SMILES string of the molecule is CCCCCCCCCCCCCCCCCCCCCCCCC(O)C(CO)NC(=O)CCCCCCCCCCCCC/C=C\CCCCCCCCCCCCCCOC(=O)CCCCCCCCCCCCC. The topological polar surface area (TPSA) is 95.9 Å². The van der Waals surface area contributed by atoms with Crippen LogP contribution in [0.25, 0.3) is 0 Å². The number of amides is 1. The molecular formula is C71H139NO5. The Morgan fingerprint density at radius 1 is 0.351 bits per heavy atom. The van der Waals surface area contributed by atoms with Crippen molar-refractivity contribution in [1.29, 1.82) is 0 Å². The van der Waals surface area contributed by atoms with Crippen molar-refractivity contribution < 1.29 is 24.5 Å². The van der Waals surface area contributed by atoms with Crippen molar-refractivity contribution in [2.24, 2.45) is 0 Å². The smallest absolute Gasteiger partial charge is 0.305 e. The Bertz CT molecular complexity index is 1160. The van der Waals surface area contributed by atoms with Crippen LogP contribution >= 0.6 is 0 Å². The predicted octanol–water partition coefficient (Wildman–Crippen LogP) is 22.8. The van der Waals surface area contributed by atoms with Crippen LogP contribution in [0.1, 0.15) is 406 Å². The summed E-state index contributed by atoms with van der Waals surface area (Å²) in [5, 5.41) is 23.4. The molecule has 0 radical (unpaired) electrons. The predicted molar refractivity (Wildman–Crippen MR) is 338 cm³/mol. The molecule has 6 nitrogen and oxygen atoms in total. The Morgan fingerprint density at radius 3 is 0.922 bits per heavy atom. The molecule has 0 bridgehead atoms. The van der Waals surface area contributed by atoms with Gasteiger partial charge in [-0.25, -0.2) is 0 Å². The molecule has 0 heterocycles. The normalized spacial score (nSPS) is 12.5. The van der Waals surface area contributed by atoms with Gasteiger partial charge in [-0.15, -0.1) is 0 Å². The molecule has 0 aliphatic carbocycles. The van der Waals surface area contributed by atoms with E-state index in [1.54, 1.807) is 0 Å². The number of hydrogen-bond donors (Lipinski definition) is 3. The van der Waals surface area contributed by atoms with Crippen molar-refractivity contribution in [2.45, 2.75) is 418 Å². The van der Waals surface area contributed by atoms with Gasteiger partial charge in [0.2, 0.25) is 5.91 Å². The summed E-state index contributed by atoms with van der Waals surface area (Å²) >= 11 is 0. The number of allylic oxidation sites excluding steroid dienone is 2. The van der Waals surface area contributed by atoms with E-state index in [2.05, 4.69) is 31.3 Å². The zero-order valence-electron chi connectivity index (χ0n) is 52.5. The van der Waals surface area contributed by atoms with Crippen LogP contribution in [0.15, 0.2) is 12.2 Å². The van der Waals surface area contributed by atoms with E-state index in [4.69, 9.17) is 4.74 Å². The minimum Gasteiger partial charge on any atom is -0.466 e. The van der Waals surface area contributed by atoms with E-state index in [9.17, 15) is 19.8 Å². The van der Waals surface area contributed by atoms with E-state index in [1.807, 2.05) is 0 Å². The third kappa shape index (κ3) is 63.6. The molecule has 0 aromatic carbocycles. The van der Waals surface area contributed by atoms with Crippen molar-refractivity contribution in [2.75, 3.05) is 13.2 Å². The van der Waals surface area contributed by atoms with Gasteiger partial charge in [0.05, 0.1) is 25.4 Å². The molecule has 0 aromatic rings. The van der Waals surface area contributed by atoms with Crippen molar-refractivity contribution in [3.05, 3.63) is 12.2 Å². The number of rotatable bonds is 67. The maximum atomic E-state index is 12.5. The number of aliphatic hydroxyl groups excluding tert-OH is 2. The first-order chi connectivity index (χ1) is 38.0. The Morgan fingerprint density at radius 2 is 0.610 bits per heavy atom. The van der Waals surface area contributed by atoms with Crippen molar-refractivity contribution in [3.63, 3.8) is 0 Å². The first-order valence-corrected chi connectivity index (χ1v) is 35.4. The van der Waals surface area contributed by atoms with Crippen LogP contribution in [0.5, 0.6) is 0 Å². The second-order valence-corrected chi connectivity index (χ2v) is 24.6. The van der Waals surface area contributed by atoms with E-state index in [1.165, 1.54) is 334 Å². The third-order valence-corrected chi connectivity index (χ3v) is 16.8. The maximum absolute atomic E-state index is 12.5. The summed E-state index contributed by atoms with van der Waals surface area (Å²) < 4.78 is 5.47. The standard InChI is InChI=1S/C71H139NO5/c1-3-5-7-9-11-13-15-16-17-18-19-20-28-31-34-37-40-44-47-51-55-59-63-69(74)68(67-73)72-70(75)64-60-56-52-48-45-41-38-35-32-29-26-24-22-21-23-25-27-30-33-36-39-42-46-50-54-58-62-66-77-71(76)65-61-57-53-49-43-14-12-10-8-6-4-2/h21-22,68-69,73-74H,3-20,23-67H2,1-2H3,(H,72,75)/b22-21-. The van der Waals surface area contributed by atoms with Crippen molar-refractivity contribution in [1.82, 2.24) is 5.32 Å². The second kappa shape index (κ2) is 67.1. The molecule has 0 fully saturated rings. The number of esters is 1. The molecular weight excluding hydrogens is 947 g/mol. The molecule has 458 valence electrons. The molecule has 2 unspecified atom stereocenters. The number of aliphatic hydroxyl groups is 2. The zero-order chi connectivity index (χ0) is 55.7. The highest BCUT2D eigenvalue weighted by atomic mass is 16.5. The minimum atomic E-state index is -0.665. The Kier molecular flexibility index (Phi) is 65.9. The van der Waals surface area contributed by atoms with Gasteiger partial charge < -0.3 is 20.3 Å². The van der Waals surface area contributed by atoms with Crippen LogP contribution in [-0.2, 0) is 14.3 Å². The third-order valence-electron chi connectivity index (χ3n) is 16.8. The van der Waals surface area contributed by atoms with E-state index < -0.39 is 12.1 Å². The first kappa shape index (κ1) is 75.6. The second-order valence-electron chi connectivity index (χ2n) is 24.6. The number of unbranched alkanes of at least 4 members (excludes halogenated alkanes) is 54. The maximum Gasteiger partial charge on any atom is 0.305 e. The number of ether oxygens (including phenoxy) is 1. The quantitative estimate of drug-likeness (QED) is 0.0320. The van der Waals surface area contributed by atoms with Crippen molar-refractivity contribution in [3.8, 4) is 0 Å². The molecule has 0 aromatic heterocycles. The van der Waals surface area contributed by atoms with Gasteiger partial charge in [0.1, 0.15) is 0 Å².